The molecule has 16 heavy (non-hydrogen) atoms. The lowest BCUT2D eigenvalue weighted by Crippen LogP contribution is -2.07. The van der Waals surface area contributed by atoms with E-state index in [1.54, 1.807) is 6.07 Å². The van der Waals surface area contributed by atoms with Gasteiger partial charge in [0.1, 0.15) is 5.75 Å². The zero-order valence-corrected chi connectivity index (χ0v) is 8.93. The smallest absolute Gasteiger partial charge is 0.122 e. The van der Waals surface area contributed by atoms with E-state index in [1.807, 2.05) is 30.3 Å². The van der Waals surface area contributed by atoms with Crippen molar-refractivity contribution in [3.8, 4) is 5.75 Å². The van der Waals surface area contributed by atoms with Crippen LogP contribution in [0.3, 0.4) is 0 Å². The number of hydrogen-bond acceptors (Lipinski definition) is 3. The van der Waals surface area contributed by atoms with Crippen LogP contribution in [0.4, 0.5) is 0 Å². The van der Waals surface area contributed by atoms with Crippen LogP contribution in [0.2, 0.25) is 0 Å². The van der Waals surface area contributed by atoms with Gasteiger partial charge in [-0.05, 0) is 29.8 Å². The topological polar surface area (TPSA) is 66.5 Å². The van der Waals surface area contributed by atoms with Crippen LogP contribution < -0.4 is 5.73 Å². The average Bonchev–Trinajstić information content (AvgIpc) is 2.29. The maximum Gasteiger partial charge on any atom is 0.122 e. The molecule has 3 nitrogen and oxygen atoms in total. The van der Waals surface area contributed by atoms with Gasteiger partial charge >= 0.3 is 0 Å². The molecule has 0 aliphatic carbocycles. The quantitative estimate of drug-likeness (QED) is 0.736. The molecule has 1 atom stereocenters. The van der Waals surface area contributed by atoms with Gasteiger partial charge in [-0.3, -0.25) is 0 Å². The molecule has 0 aromatic heterocycles. The highest BCUT2D eigenvalue weighted by Crippen LogP contribution is 2.33. The molecule has 1 unspecified atom stereocenters. The highest BCUT2D eigenvalue weighted by molar-refractivity contribution is 5.88. The molecule has 0 saturated heterocycles. The molecule has 0 aliphatic heterocycles. The molecule has 2 rings (SSSR count). The molecular formula is C13H15NO2. The van der Waals surface area contributed by atoms with Crippen molar-refractivity contribution in [2.24, 2.45) is 5.73 Å². The van der Waals surface area contributed by atoms with Crippen molar-refractivity contribution < 1.29 is 10.2 Å². The van der Waals surface area contributed by atoms with Gasteiger partial charge in [0.15, 0.2) is 0 Å². The van der Waals surface area contributed by atoms with E-state index in [2.05, 4.69) is 0 Å². The Hall–Kier alpha value is -1.58. The number of phenols is 1. The van der Waals surface area contributed by atoms with Crippen LogP contribution in [0.15, 0.2) is 36.4 Å². The fraction of sp³-hybridized carbons (Fsp3) is 0.231. The Balaban J connectivity index is 2.61. The van der Waals surface area contributed by atoms with Crippen LogP contribution in [0.5, 0.6) is 5.75 Å². The summed E-state index contributed by atoms with van der Waals surface area (Å²) in [6.07, 6.45) is -0.266. The Morgan fingerprint density at radius 2 is 1.88 bits per heavy atom. The number of benzene rings is 2. The molecule has 0 radical (unpaired) electrons. The van der Waals surface area contributed by atoms with Crippen molar-refractivity contribution in [3.63, 3.8) is 0 Å². The summed E-state index contributed by atoms with van der Waals surface area (Å²) in [6, 6.07) is 11.1. The first-order valence-corrected chi connectivity index (χ1v) is 5.33. The molecule has 0 fully saturated rings. The van der Waals surface area contributed by atoms with Crippen LogP contribution >= 0.6 is 0 Å². The normalized spacial score (nSPS) is 12.9. The van der Waals surface area contributed by atoms with E-state index in [4.69, 9.17) is 5.73 Å². The number of phenolic OH excluding ortho intramolecular Hbond substituents is 1. The number of aliphatic hydroxyl groups excluding tert-OH is 1. The Bertz CT molecular complexity index is 496. The summed E-state index contributed by atoms with van der Waals surface area (Å²) in [5.41, 5.74) is 5.99. The zero-order valence-electron chi connectivity index (χ0n) is 8.93. The minimum absolute atomic E-state index is 0.125. The highest BCUT2D eigenvalue weighted by atomic mass is 16.3. The van der Waals surface area contributed by atoms with Gasteiger partial charge in [0.25, 0.3) is 0 Å². The van der Waals surface area contributed by atoms with Crippen molar-refractivity contribution in [1.29, 1.82) is 0 Å². The zero-order chi connectivity index (χ0) is 11.5. The van der Waals surface area contributed by atoms with Gasteiger partial charge in [0.2, 0.25) is 0 Å². The van der Waals surface area contributed by atoms with Gasteiger partial charge in [0.05, 0.1) is 6.10 Å². The Morgan fingerprint density at radius 3 is 2.62 bits per heavy atom. The molecule has 0 amide bonds. The molecule has 2 aromatic carbocycles. The van der Waals surface area contributed by atoms with E-state index in [9.17, 15) is 10.2 Å². The first kappa shape index (κ1) is 10.9. The third-order valence-corrected chi connectivity index (χ3v) is 2.72. The summed E-state index contributed by atoms with van der Waals surface area (Å²) in [6.45, 7) is 0.393. The maximum absolute atomic E-state index is 9.96. The van der Waals surface area contributed by atoms with Crippen LogP contribution in [-0.4, -0.2) is 16.8 Å². The molecule has 84 valence electrons. The number of hydrogen-bond donors (Lipinski definition) is 3. The summed E-state index contributed by atoms with van der Waals surface area (Å²) in [5, 5.41) is 21.6. The fourth-order valence-corrected chi connectivity index (χ4v) is 1.94. The van der Waals surface area contributed by atoms with E-state index in [0.29, 0.717) is 18.5 Å². The molecule has 0 spiro atoms. The molecule has 3 heteroatoms. The lowest BCUT2D eigenvalue weighted by atomic mass is 9.97. The molecule has 0 bridgehead atoms. The second-order valence-electron chi connectivity index (χ2n) is 3.81. The van der Waals surface area contributed by atoms with E-state index in [0.717, 1.165) is 10.8 Å². The molecule has 0 heterocycles. The highest BCUT2D eigenvalue weighted by Gasteiger charge is 2.14. The third kappa shape index (κ3) is 1.87. The monoisotopic (exact) mass is 217 g/mol. The Labute approximate surface area is 94.1 Å². The van der Waals surface area contributed by atoms with Crippen molar-refractivity contribution >= 4 is 10.8 Å². The van der Waals surface area contributed by atoms with Crippen molar-refractivity contribution in [1.82, 2.24) is 0 Å². The van der Waals surface area contributed by atoms with Crippen LogP contribution in [0.25, 0.3) is 10.8 Å². The minimum atomic E-state index is -0.712. The van der Waals surface area contributed by atoms with Crippen LogP contribution in [-0.2, 0) is 0 Å². The number of aliphatic hydroxyl groups is 1. The maximum atomic E-state index is 9.96. The molecule has 2 aromatic rings. The van der Waals surface area contributed by atoms with Crippen LogP contribution in [0.1, 0.15) is 18.1 Å². The summed E-state index contributed by atoms with van der Waals surface area (Å²) in [4.78, 5) is 0. The lowest BCUT2D eigenvalue weighted by molar-refractivity contribution is 0.168. The Kier molecular flexibility index (Phi) is 3.08. The number of nitrogens with two attached hydrogens (primary N) is 1. The van der Waals surface area contributed by atoms with Gasteiger partial charge in [0, 0.05) is 5.56 Å². The lowest BCUT2D eigenvalue weighted by Gasteiger charge is -2.14. The SMILES string of the molecule is NCCC(O)c1c(O)ccc2ccccc12. The predicted octanol–water partition coefficient (Wildman–Crippen LogP) is 1.93. The summed E-state index contributed by atoms with van der Waals surface area (Å²) < 4.78 is 0. The molecule has 0 aliphatic rings. The average molecular weight is 217 g/mol. The first-order chi connectivity index (χ1) is 7.74. The molecule has 4 N–H and O–H groups in total. The predicted molar refractivity (Wildman–Crippen MR) is 64.2 cm³/mol. The van der Waals surface area contributed by atoms with Gasteiger partial charge in [-0.15, -0.1) is 0 Å². The third-order valence-electron chi connectivity index (χ3n) is 2.72. The molecule has 0 saturated carbocycles. The number of fused-ring (bicyclic) bond motifs is 1. The molecular weight excluding hydrogens is 202 g/mol. The van der Waals surface area contributed by atoms with Crippen molar-refractivity contribution in [2.45, 2.75) is 12.5 Å². The van der Waals surface area contributed by atoms with E-state index >= 15 is 0 Å². The second kappa shape index (κ2) is 4.51. The standard InChI is InChI=1S/C13H15NO2/c14-8-7-12(16)13-10-4-2-1-3-9(10)5-6-11(13)15/h1-6,12,15-16H,7-8,14H2. The largest absolute Gasteiger partial charge is 0.508 e. The van der Waals surface area contributed by atoms with Gasteiger partial charge < -0.3 is 15.9 Å². The first-order valence-electron chi connectivity index (χ1n) is 5.33. The number of aromatic hydroxyl groups is 1. The summed E-state index contributed by atoms with van der Waals surface area (Å²) in [5.74, 6) is 0.125. The summed E-state index contributed by atoms with van der Waals surface area (Å²) in [7, 11) is 0. The van der Waals surface area contributed by atoms with Gasteiger partial charge in [-0.25, -0.2) is 0 Å². The minimum Gasteiger partial charge on any atom is -0.508 e. The van der Waals surface area contributed by atoms with Gasteiger partial charge in [-0.2, -0.15) is 0 Å². The number of rotatable bonds is 3. The second-order valence-corrected chi connectivity index (χ2v) is 3.81. The Morgan fingerprint density at radius 1 is 1.12 bits per heavy atom. The van der Waals surface area contributed by atoms with E-state index < -0.39 is 6.10 Å². The van der Waals surface area contributed by atoms with Crippen molar-refractivity contribution in [2.75, 3.05) is 6.54 Å². The van der Waals surface area contributed by atoms with Gasteiger partial charge in [-0.1, -0.05) is 30.3 Å². The fourth-order valence-electron chi connectivity index (χ4n) is 1.94. The van der Waals surface area contributed by atoms with E-state index in [-0.39, 0.29) is 5.75 Å². The van der Waals surface area contributed by atoms with E-state index in [1.165, 1.54) is 0 Å². The van der Waals surface area contributed by atoms with Crippen LogP contribution in [0, 0.1) is 0 Å². The van der Waals surface area contributed by atoms with Crippen molar-refractivity contribution in [3.05, 3.63) is 42.0 Å². The summed E-state index contributed by atoms with van der Waals surface area (Å²) >= 11 is 0.